The van der Waals surface area contributed by atoms with Gasteiger partial charge in [0.1, 0.15) is 6.04 Å². The number of hydrogen-bond donors (Lipinski definition) is 2. The first kappa shape index (κ1) is 16.8. The molecule has 0 bridgehead atoms. The maximum absolute atomic E-state index is 13.8. The molecule has 0 aliphatic rings. The fourth-order valence-electron chi connectivity index (χ4n) is 2.13. The summed E-state index contributed by atoms with van der Waals surface area (Å²) < 4.78 is 19.0. The number of nitrogens with one attached hydrogen (secondary N) is 2. The van der Waals surface area contributed by atoms with Crippen LogP contribution >= 0.6 is 0 Å². The van der Waals surface area contributed by atoms with Crippen LogP contribution in [0.3, 0.4) is 0 Å². The zero-order valence-corrected chi connectivity index (χ0v) is 13.5. The summed E-state index contributed by atoms with van der Waals surface area (Å²) in [6, 6.07) is 11.6. The Hall–Kier alpha value is -2.56. The minimum absolute atomic E-state index is 0.186. The number of halogens is 1. The summed E-state index contributed by atoms with van der Waals surface area (Å²) >= 11 is 0. The molecule has 5 heteroatoms. The van der Waals surface area contributed by atoms with Gasteiger partial charge < -0.3 is 15.4 Å². The lowest BCUT2D eigenvalue weighted by Crippen LogP contribution is -2.32. The fourth-order valence-corrected chi connectivity index (χ4v) is 2.13. The van der Waals surface area contributed by atoms with Gasteiger partial charge in [-0.1, -0.05) is 18.2 Å². The molecule has 23 heavy (non-hydrogen) atoms. The number of anilines is 2. The van der Waals surface area contributed by atoms with Crippen LogP contribution in [0.2, 0.25) is 0 Å². The van der Waals surface area contributed by atoms with Crippen molar-refractivity contribution < 1.29 is 13.9 Å². The Balaban J connectivity index is 2.01. The van der Waals surface area contributed by atoms with Gasteiger partial charge in [-0.2, -0.15) is 0 Å². The van der Waals surface area contributed by atoms with Gasteiger partial charge in [0.2, 0.25) is 5.91 Å². The molecular weight excluding hydrogens is 295 g/mol. The van der Waals surface area contributed by atoms with Gasteiger partial charge >= 0.3 is 0 Å². The Kier molecular flexibility index (Phi) is 5.57. The number of hydrogen-bond acceptors (Lipinski definition) is 3. The van der Waals surface area contributed by atoms with E-state index in [1.54, 1.807) is 26.0 Å². The van der Waals surface area contributed by atoms with Crippen molar-refractivity contribution in [2.75, 3.05) is 17.2 Å². The SMILES string of the molecule is CCOc1ccc(N[C@H](C)C(=O)Nc2ccccc2C)cc1F. The predicted octanol–water partition coefficient (Wildman–Crippen LogP) is 3.97. The van der Waals surface area contributed by atoms with E-state index in [1.807, 2.05) is 31.2 Å². The summed E-state index contributed by atoms with van der Waals surface area (Å²) in [5.74, 6) is -0.438. The molecule has 0 aromatic heterocycles. The van der Waals surface area contributed by atoms with E-state index in [-0.39, 0.29) is 11.7 Å². The van der Waals surface area contributed by atoms with Crippen molar-refractivity contribution in [1.29, 1.82) is 0 Å². The molecule has 0 aliphatic heterocycles. The van der Waals surface area contributed by atoms with Gasteiger partial charge in [-0.15, -0.1) is 0 Å². The average Bonchev–Trinajstić information content (AvgIpc) is 2.52. The van der Waals surface area contributed by atoms with E-state index >= 15 is 0 Å². The third-order valence-electron chi connectivity index (χ3n) is 3.41. The zero-order valence-electron chi connectivity index (χ0n) is 13.5. The Bertz CT molecular complexity index is 688. The predicted molar refractivity (Wildman–Crippen MR) is 90.5 cm³/mol. The number of rotatable bonds is 6. The molecule has 0 unspecified atom stereocenters. The Morgan fingerprint density at radius 3 is 2.65 bits per heavy atom. The molecule has 0 radical (unpaired) electrons. The lowest BCUT2D eigenvalue weighted by molar-refractivity contribution is -0.116. The maximum atomic E-state index is 13.8. The summed E-state index contributed by atoms with van der Waals surface area (Å²) in [4.78, 5) is 12.2. The van der Waals surface area contributed by atoms with Crippen LogP contribution in [0, 0.1) is 12.7 Å². The van der Waals surface area contributed by atoms with Crippen molar-refractivity contribution in [1.82, 2.24) is 0 Å². The molecule has 0 fully saturated rings. The molecular formula is C18H21FN2O2. The van der Waals surface area contributed by atoms with Gasteiger partial charge in [0.05, 0.1) is 6.61 Å². The lowest BCUT2D eigenvalue weighted by atomic mass is 10.2. The summed E-state index contributed by atoms with van der Waals surface area (Å²) in [5, 5.41) is 5.84. The molecule has 0 heterocycles. The lowest BCUT2D eigenvalue weighted by Gasteiger charge is -2.17. The molecule has 1 atom stereocenters. The number of benzene rings is 2. The summed E-state index contributed by atoms with van der Waals surface area (Å²) in [6.07, 6.45) is 0. The fraction of sp³-hybridized carbons (Fsp3) is 0.278. The van der Waals surface area contributed by atoms with E-state index in [0.29, 0.717) is 12.3 Å². The monoisotopic (exact) mass is 316 g/mol. The summed E-state index contributed by atoms with van der Waals surface area (Å²) in [7, 11) is 0. The second-order valence-corrected chi connectivity index (χ2v) is 5.25. The van der Waals surface area contributed by atoms with E-state index in [2.05, 4.69) is 10.6 Å². The van der Waals surface area contributed by atoms with Gasteiger partial charge in [-0.25, -0.2) is 4.39 Å². The number of carbonyl (C=O) groups is 1. The van der Waals surface area contributed by atoms with Crippen LogP contribution in [0.25, 0.3) is 0 Å². The number of ether oxygens (including phenoxy) is 1. The summed E-state index contributed by atoms with van der Waals surface area (Å²) in [5.41, 5.74) is 2.28. The van der Waals surface area contributed by atoms with E-state index < -0.39 is 11.9 Å². The highest BCUT2D eigenvalue weighted by Gasteiger charge is 2.14. The highest BCUT2D eigenvalue weighted by atomic mass is 19.1. The Labute approximate surface area is 135 Å². The Morgan fingerprint density at radius 2 is 2.00 bits per heavy atom. The zero-order chi connectivity index (χ0) is 16.8. The van der Waals surface area contributed by atoms with Gasteiger partial charge in [0, 0.05) is 17.4 Å². The minimum atomic E-state index is -0.507. The maximum Gasteiger partial charge on any atom is 0.246 e. The second kappa shape index (κ2) is 7.63. The van der Waals surface area contributed by atoms with Crippen LogP contribution in [0.15, 0.2) is 42.5 Å². The van der Waals surface area contributed by atoms with Gasteiger partial charge in [-0.05, 0) is 44.5 Å². The third-order valence-corrected chi connectivity index (χ3v) is 3.41. The second-order valence-electron chi connectivity index (χ2n) is 5.25. The normalized spacial score (nSPS) is 11.7. The van der Waals surface area contributed by atoms with Gasteiger partial charge in [0.25, 0.3) is 0 Å². The van der Waals surface area contributed by atoms with Crippen LogP contribution in [-0.4, -0.2) is 18.6 Å². The molecule has 2 rings (SSSR count). The van der Waals surface area contributed by atoms with E-state index in [9.17, 15) is 9.18 Å². The first-order valence-corrected chi connectivity index (χ1v) is 7.56. The van der Waals surface area contributed by atoms with Crippen LogP contribution in [0.1, 0.15) is 19.4 Å². The standard InChI is InChI=1S/C18H21FN2O2/c1-4-23-17-10-9-14(11-15(17)19)20-13(3)18(22)21-16-8-6-5-7-12(16)2/h5-11,13,20H,4H2,1-3H3,(H,21,22)/t13-/m1/s1. The van der Waals surface area contributed by atoms with E-state index in [1.165, 1.54) is 6.07 Å². The molecule has 0 aliphatic carbocycles. The van der Waals surface area contributed by atoms with Crippen molar-refractivity contribution in [3.05, 3.63) is 53.8 Å². The number of aryl methyl sites for hydroxylation is 1. The third kappa shape index (κ3) is 4.45. The summed E-state index contributed by atoms with van der Waals surface area (Å²) in [6.45, 7) is 5.85. The Morgan fingerprint density at radius 1 is 1.26 bits per heavy atom. The van der Waals surface area contributed by atoms with Gasteiger partial charge in [0.15, 0.2) is 11.6 Å². The molecule has 1 amide bonds. The minimum Gasteiger partial charge on any atom is -0.491 e. The molecule has 0 spiro atoms. The van der Waals surface area contributed by atoms with Crippen molar-refractivity contribution >= 4 is 17.3 Å². The number of para-hydroxylation sites is 1. The van der Waals surface area contributed by atoms with Crippen molar-refractivity contribution in [2.24, 2.45) is 0 Å². The first-order valence-electron chi connectivity index (χ1n) is 7.56. The molecule has 2 aromatic rings. The largest absolute Gasteiger partial charge is 0.491 e. The molecule has 122 valence electrons. The number of carbonyl (C=O) groups excluding carboxylic acids is 1. The van der Waals surface area contributed by atoms with Crippen molar-refractivity contribution in [3.63, 3.8) is 0 Å². The molecule has 0 saturated heterocycles. The molecule has 2 N–H and O–H groups in total. The smallest absolute Gasteiger partial charge is 0.246 e. The molecule has 0 saturated carbocycles. The first-order chi connectivity index (χ1) is 11.0. The quantitative estimate of drug-likeness (QED) is 0.848. The molecule has 2 aromatic carbocycles. The van der Waals surface area contributed by atoms with Gasteiger partial charge in [-0.3, -0.25) is 4.79 Å². The number of amides is 1. The molecule has 4 nitrogen and oxygen atoms in total. The van der Waals surface area contributed by atoms with Crippen LogP contribution < -0.4 is 15.4 Å². The highest BCUT2D eigenvalue weighted by molar-refractivity contribution is 5.96. The topological polar surface area (TPSA) is 50.4 Å². The van der Waals surface area contributed by atoms with Crippen LogP contribution in [0.5, 0.6) is 5.75 Å². The van der Waals surface area contributed by atoms with Crippen LogP contribution in [-0.2, 0) is 4.79 Å². The van der Waals surface area contributed by atoms with Crippen molar-refractivity contribution in [3.8, 4) is 5.75 Å². The van der Waals surface area contributed by atoms with E-state index in [0.717, 1.165) is 11.3 Å². The van der Waals surface area contributed by atoms with E-state index in [4.69, 9.17) is 4.74 Å². The van der Waals surface area contributed by atoms with Crippen molar-refractivity contribution in [2.45, 2.75) is 26.8 Å². The average molecular weight is 316 g/mol. The highest BCUT2D eigenvalue weighted by Crippen LogP contribution is 2.22. The van der Waals surface area contributed by atoms with Crippen LogP contribution in [0.4, 0.5) is 15.8 Å².